The molecule has 0 saturated heterocycles. The number of aromatic hydroxyl groups is 1. The maximum absolute atomic E-state index is 9.53. The molecule has 0 aliphatic carbocycles. The third kappa shape index (κ3) is 2.14. The molecule has 0 bridgehead atoms. The third-order valence-corrected chi connectivity index (χ3v) is 2.68. The maximum Gasteiger partial charge on any atom is 0.140 e. The predicted octanol–water partition coefficient (Wildman–Crippen LogP) is 1.80. The lowest BCUT2D eigenvalue weighted by Crippen LogP contribution is -2.15. The SMILES string of the molecule is N[C@H](CO)c1c(Br)ccc(Cl)c1O. The highest BCUT2D eigenvalue weighted by Gasteiger charge is 2.15. The van der Waals surface area contributed by atoms with E-state index in [-0.39, 0.29) is 17.4 Å². The fourth-order valence-corrected chi connectivity index (χ4v) is 1.78. The van der Waals surface area contributed by atoms with Gasteiger partial charge in [-0.15, -0.1) is 0 Å². The molecule has 1 atom stereocenters. The highest BCUT2D eigenvalue weighted by molar-refractivity contribution is 9.10. The third-order valence-electron chi connectivity index (χ3n) is 1.68. The Bertz CT molecular complexity index is 319. The molecular weight excluding hydrogens is 257 g/mol. The first-order valence-electron chi connectivity index (χ1n) is 3.61. The van der Waals surface area contributed by atoms with E-state index < -0.39 is 6.04 Å². The Morgan fingerprint density at radius 3 is 2.69 bits per heavy atom. The monoisotopic (exact) mass is 265 g/mol. The molecule has 4 N–H and O–H groups in total. The van der Waals surface area contributed by atoms with Crippen molar-refractivity contribution < 1.29 is 10.2 Å². The second kappa shape index (κ2) is 4.28. The van der Waals surface area contributed by atoms with E-state index >= 15 is 0 Å². The van der Waals surface area contributed by atoms with Crippen molar-refractivity contribution >= 4 is 27.5 Å². The van der Waals surface area contributed by atoms with Gasteiger partial charge in [-0.2, -0.15) is 0 Å². The van der Waals surface area contributed by atoms with Gasteiger partial charge < -0.3 is 15.9 Å². The number of hydrogen-bond acceptors (Lipinski definition) is 3. The Hall–Kier alpha value is -0.290. The quantitative estimate of drug-likeness (QED) is 0.765. The molecule has 13 heavy (non-hydrogen) atoms. The Morgan fingerprint density at radius 1 is 1.54 bits per heavy atom. The summed E-state index contributed by atoms with van der Waals surface area (Å²) >= 11 is 8.89. The molecule has 0 amide bonds. The van der Waals surface area contributed by atoms with Gasteiger partial charge >= 0.3 is 0 Å². The number of aliphatic hydroxyl groups excluding tert-OH is 1. The van der Waals surface area contributed by atoms with Gasteiger partial charge in [0, 0.05) is 10.0 Å². The molecule has 1 rings (SSSR count). The zero-order valence-electron chi connectivity index (χ0n) is 6.67. The number of nitrogens with two attached hydrogens (primary N) is 1. The van der Waals surface area contributed by atoms with E-state index in [2.05, 4.69) is 15.9 Å². The molecule has 0 heterocycles. The molecule has 3 nitrogen and oxygen atoms in total. The Labute approximate surface area is 89.3 Å². The van der Waals surface area contributed by atoms with Crippen LogP contribution < -0.4 is 5.73 Å². The van der Waals surface area contributed by atoms with Crippen LogP contribution in [0.25, 0.3) is 0 Å². The molecule has 1 aromatic rings. The molecule has 0 aromatic heterocycles. The van der Waals surface area contributed by atoms with Gasteiger partial charge in [0.15, 0.2) is 0 Å². The first-order chi connectivity index (χ1) is 6.07. The first kappa shape index (κ1) is 10.8. The Balaban J connectivity index is 3.25. The predicted molar refractivity (Wildman–Crippen MR) is 54.8 cm³/mol. The maximum atomic E-state index is 9.53. The summed E-state index contributed by atoms with van der Waals surface area (Å²) in [5.74, 6) is -0.0856. The van der Waals surface area contributed by atoms with E-state index in [1.165, 1.54) is 0 Å². The van der Waals surface area contributed by atoms with E-state index in [0.29, 0.717) is 10.0 Å². The summed E-state index contributed by atoms with van der Waals surface area (Å²) in [5.41, 5.74) is 5.99. The molecule has 0 saturated carbocycles. The molecule has 0 aliphatic rings. The van der Waals surface area contributed by atoms with Crippen LogP contribution in [0.2, 0.25) is 5.02 Å². The van der Waals surface area contributed by atoms with Crippen molar-refractivity contribution in [2.75, 3.05) is 6.61 Å². The number of rotatable bonds is 2. The van der Waals surface area contributed by atoms with Crippen molar-refractivity contribution in [3.63, 3.8) is 0 Å². The molecule has 72 valence electrons. The van der Waals surface area contributed by atoms with Crippen molar-refractivity contribution in [3.05, 3.63) is 27.2 Å². The molecule has 0 radical (unpaired) electrons. The zero-order valence-corrected chi connectivity index (χ0v) is 9.01. The topological polar surface area (TPSA) is 66.5 Å². The lowest BCUT2D eigenvalue weighted by molar-refractivity contribution is 0.265. The van der Waals surface area contributed by atoms with Gasteiger partial charge in [-0.25, -0.2) is 0 Å². The van der Waals surface area contributed by atoms with E-state index in [1.807, 2.05) is 0 Å². The van der Waals surface area contributed by atoms with Gasteiger partial charge in [0.25, 0.3) is 0 Å². The van der Waals surface area contributed by atoms with Gasteiger partial charge in [0.2, 0.25) is 0 Å². The number of phenols is 1. The summed E-state index contributed by atoms with van der Waals surface area (Å²) in [5, 5.41) is 18.6. The van der Waals surface area contributed by atoms with Gasteiger partial charge in [-0.3, -0.25) is 0 Å². The zero-order chi connectivity index (χ0) is 10.0. The van der Waals surface area contributed by atoms with Crippen molar-refractivity contribution in [1.29, 1.82) is 0 Å². The summed E-state index contributed by atoms with van der Waals surface area (Å²) in [6.07, 6.45) is 0. The normalized spacial score (nSPS) is 12.9. The van der Waals surface area contributed by atoms with Crippen LogP contribution in [0.3, 0.4) is 0 Å². The van der Waals surface area contributed by atoms with Gasteiger partial charge in [0.05, 0.1) is 17.7 Å². The van der Waals surface area contributed by atoms with Crippen molar-refractivity contribution in [2.45, 2.75) is 6.04 Å². The fourth-order valence-electron chi connectivity index (χ4n) is 1.00. The minimum atomic E-state index is -0.631. The molecule has 1 aromatic carbocycles. The summed E-state index contributed by atoms with van der Waals surface area (Å²) in [6.45, 7) is -0.244. The van der Waals surface area contributed by atoms with Crippen LogP contribution in [0.5, 0.6) is 5.75 Å². The minimum absolute atomic E-state index is 0.0856. The number of hydrogen-bond donors (Lipinski definition) is 3. The van der Waals surface area contributed by atoms with Crippen LogP contribution in [-0.2, 0) is 0 Å². The van der Waals surface area contributed by atoms with Crippen molar-refractivity contribution in [3.8, 4) is 5.75 Å². The van der Waals surface area contributed by atoms with Gasteiger partial charge in [0.1, 0.15) is 5.75 Å². The van der Waals surface area contributed by atoms with Crippen LogP contribution in [0.1, 0.15) is 11.6 Å². The molecule has 0 fully saturated rings. The number of benzene rings is 1. The average molecular weight is 267 g/mol. The number of phenolic OH excluding ortho intramolecular Hbond substituents is 1. The smallest absolute Gasteiger partial charge is 0.140 e. The van der Waals surface area contributed by atoms with Gasteiger partial charge in [-0.05, 0) is 12.1 Å². The summed E-state index contributed by atoms with van der Waals surface area (Å²) < 4.78 is 0.635. The summed E-state index contributed by atoms with van der Waals surface area (Å²) in [4.78, 5) is 0. The largest absolute Gasteiger partial charge is 0.506 e. The van der Waals surface area contributed by atoms with Gasteiger partial charge in [-0.1, -0.05) is 27.5 Å². The van der Waals surface area contributed by atoms with E-state index in [4.69, 9.17) is 22.4 Å². The number of halogens is 2. The van der Waals surface area contributed by atoms with E-state index in [1.54, 1.807) is 12.1 Å². The van der Waals surface area contributed by atoms with E-state index in [9.17, 15) is 5.11 Å². The van der Waals surface area contributed by atoms with Crippen LogP contribution >= 0.6 is 27.5 Å². The van der Waals surface area contributed by atoms with Crippen LogP contribution in [0.15, 0.2) is 16.6 Å². The minimum Gasteiger partial charge on any atom is -0.506 e. The second-order valence-corrected chi connectivity index (χ2v) is 3.84. The average Bonchev–Trinajstić information content (AvgIpc) is 2.12. The first-order valence-corrected chi connectivity index (χ1v) is 4.78. The summed E-state index contributed by atoms with van der Waals surface area (Å²) in [6, 6.07) is 2.59. The lowest BCUT2D eigenvalue weighted by atomic mass is 10.1. The standard InChI is InChI=1S/C8H9BrClNO2/c9-4-1-2-5(10)8(13)7(4)6(11)3-12/h1-2,6,12-13H,3,11H2/t6-/m1/s1. The van der Waals surface area contributed by atoms with Crippen molar-refractivity contribution in [2.24, 2.45) is 5.73 Å². The second-order valence-electron chi connectivity index (χ2n) is 2.58. The van der Waals surface area contributed by atoms with Crippen LogP contribution in [-0.4, -0.2) is 16.8 Å². The molecule has 5 heteroatoms. The van der Waals surface area contributed by atoms with E-state index in [0.717, 1.165) is 0 Å². The Morgan fingerprint density at radius 2 is 2.15 bits per heavy atom. The number of aliphatic hydroxyl groups is 1. The fraction of sp³-hybridized carbons (Fsp3) is 0.250. The highest BCUT2D eigenvalue weighted by atomic mass is 79.9. The van der Waals surface area contributed by atoms with Crippen molar-refractivity contribution in [1.82, 2.24) is 0 Å². The highest BCUT2D eigenvalue weighted by Crippen LogP contribution is 2.36. The molecular formula is C8H9BrClNO2. The lowest BCUT2D eigenvalue weighted by Gasteiger charge is -2.13. The van der Waals surface area contributed by atoms with Crippen LogP contribution in [0.4, 0.5) is 0 Å². The Kier molecular flexibility index (Phi) is 3.55. The molecule has 0 unspecified atom stereocenters. The summed E-state index contributed by atoms with van der Waals surface area (Å²) in [7, 11) is 0. The van der Waals surface area contributed by atoms with Crippen LogP contribution in [0, 0.1) is 0 Å². The molecule has 0 aliphatic heterocycles. The molecule has 0 spiro atoms.